The van der Waals surface area contributed by atoms with Crippen LogP contribution in [-0.2, 0) is 0 Å². The van der Waals surface area contributed by atoms with E-state index in [1.165, 1.54) is 12.8 Å². The Balaban J connectivity index is 1.79. The van der Waals surface area contributed by atoms with E-state index in [4.69, 9.17) is 10.5 Å². The minimum atomic E-state index is -0.0690. The molecule has 2 aliphatic rings. The maximum atomic E-state index is 6.44. The van der Waals surface area contributed by atoms with Gasteiger partial charge in [-0.1, -0.05) is 0 Å². The predicted octanol–water partition coefficient (Wildman–Crippen LogP) is 1.36. The summed E-state index contributed by atoms with van der Waals surface area (Å²) in [7, 11) is 3.87. The van der Waals surface area contributed by atoms with Crippen LogP contribution in [0.3, 0.4) is 0 Å². The van der Waals surface area contributed by atoms with Gasteiger partial charge >= 0.3 is 0 Å². The van der Waals surface area contributed by atoms with Crippen LogP contribution in [0.4, 0.5) is 0 Å². The van der Waals surface area contributed by atoms with Gasteiger partial charge in [-0.15, -0.1) is 0 Å². The van der Waals surface area contributed by atoms with Crippen molar-refractivity contribution in [1.82, 2.24) is 14.9 Å². The highest BCUT2D eigenvalue weighted by Gasteiger charge is 2.41. The molecule has 2 aliphatic heterocycles. The fourth-order valence-corrected chi connectivity index (χ4v) is 3.69. The van der Waals surface area contributed by atoms with Crippen LogP contribution in [0.25, 0.3) is 0 Å². The van der Waals surface area contributed by atoms with E-state index in [2.05, 4.69) is 21.9 Å². The molecule has 2 bridgehead atoms. The number of rotatable bonds is 3. The van der Waals surface area contributed by atoms with Crippen LogP contribution in [0.1, 0.15) is 37.4 Å². The average molecular weight is 262 g/mol. The number of hydrogen-bond donors (Lipinski definition) is 1. The van der Waals surface area contributed by atoms with Crippen molar-refractivity contribution in [2.75, 3.05) is 14.2 Å². The Labute approximate surface area is 114 Å². The SMILES string of the molecule is COc1nccnc1C(N)C1CC2CCC(C1)N2C. The summed E-state index contributed by atoms with van der Waals surface area (Å²) in [6.45, 7) is 0. The number of aromatic nitrogens is 2. The molecule has 2 saturated heterocycles. The second-order valence-corrected chi connectivity index (χ2v) is 5.76. The second kappa shape index (κ2) is 5.06. The third kappa shape index (κ3) is 2.21. The Hall–Kier alpha value is -1.20. The summed E-state index contributed by atoms with van der Waals surface area (Å²) in [4.78, 5) is 11.1. The van der Waals surface area contributed by atoms with Crippen LogP contribution in [0.5, 0.6) is 5.88 Å². The summed E-state index contributed by atoms with van der Waals surface area (Å²) in [5, 5.41) is 0. The zero-order valence-electron chi connectivity index (χ0n) is 11.6. The first kappa shape index (κ1) is 12.8. The van der Waals surface area contributed by atoms with Crippen LogP contribution >= 0.6 is 0 Å². The first-order valence-electron chi connectivity index (χ1n) is 7.03. The van der Waals surface area contributed by atoms with Gasteiger partial charge in [-0.3, -0.25) is 4.98 Å². The minimum absolute atomic E-state index is 0.0690. The standard InChI is InChI=1S/C14H22N4O/c1-18-10-3-4-11(18)8-9(7-10)12(15)13-14(19-2)17-6-5-16-13/h5-6,9-12H,3-4,7-8,15H2,1-2H3. The molecule has 5 nitrogen and oxygen atoms in total. The topological polar surface area (TPSA) is 64.3 Å². The van der Waals surface area contributed by atoms with Gasteiger partial charge in [0, 0.05) is 24.5 Å². The third-order valence-electron chi connectivity index (χ3n) is 4.84. The first-order valence-corrected chi connectivity index (χ1v) is 7.03. The lowest BCUT2D eigenvalue weighted by molar-refractivity contribution is 0.119. The summed E-state index contributed by atoms with van der Waals surface area (Å²) in [6, 6.07) is 1.32. The second-order valence-electron chi connectivity index (χ2n) is 5.76. The lowest BCUT2D eigenvalue weighted by Gasteiger charge is -2.38. The van der Waals surface area contributed by atoms with Crippen LogP contribution in [0, 0.1) is 5.92 Å². The highest BCUT2D eigenvalue weighted by Crippen LogP contribution is 2.42. The van der Waals surface area contributed by atoms with Crippen molar-refractivity contribution in [2.24, 2.45) is 11.7 Å². The number of fused-ring (bicyclic) bond motifs is 2. The van der Waals surface area contributed by atoms with E-state index < -0.39 is 0 Å². The third-order valence-corrected chi connectivity index (χ3v) is 4.84. The number of piperidine rings is 1. The summed E-state index contributed by atoms with van der Waals surface area (Å²) in [6.07, 6.45) is 8.28. The Morgan fingerprint density at radius 3 is 2.53 bits per heavy atom. The Bertz CT molecular complexity index is 439. The van der Waals surface area contributed by atoms with Crippen molar-refractivity contribution < 1.29 is 4.74 Å². The molecule has 19 heavy (non-hydrogen) atoms. The quantitative estimate of drug-likeness (QED) is 0.891. The van der Waals surface area contributed by atoms with Crippen LogP contribution in [0.2, 0.25) is 0 Å². The molecular formula is C14H22N4O. The molecule has 2 N–H and O–H groups in total. The largest absolute Gasteiger partial charge is 0.480 e. The summed E-state index contributed by atoms with van der Waals surface area (Å²) in [5.74, 6) is 1.06. The lowest BCUT2D eigenvalue weighted by atomic mass is 9.84. The van der Waals surface area contributed by atoms with Gasteiger partial charge in [-0.2, -0.15) is 0 Å². The number of hydrogen-bond acceptors (Lipinski definition) is 5. The number of nitrogens with zero attached hydrogens (tertiary/aromatic N) is 3. The Kier molecular flexibility index (Phi) is 3.41. The molecule has 3 heterocycles. The average Bonchev–Trinajstić information content (AvgIpc) is 2.68. The van der Waals surface area contributed by atoms with Crippen molar-refractivity contribution >= 4 is 0 Å². The zero-order valence-corrected chi connectivity index (χ0v) is 11.6. The van der Waals surface area contributed by atoms with E-state index in [1.807, 2.05) is 0 Å². The van der Waals surface area contributed by atoms with Crippen molar-refractivity contribution in [3.8, 4) is 5.88 Å². The summed E-state index contributed by atoms with van der Waals surface area (Å²) in [5.41, 5.74) is 7.25. The van der Waals surface area contributed by atoms with Gasteiger partial charge < -0.3 is 15.4 Å². The van der Waals surface area contributed by atoms with Crippen molar-refractivity contribution in [3.05, 3.63) is 18.1 Å². The molecule has 3 unspecified atom stereocenters. The van der Waals surface area contributed by atoms with E-state index in [0.717, 1.165) is 18.5 Å². The molecule has 5 heteroatoms. The smallest absolute Gasteiger partial charge is 0.236 e. The van der Waals surface area contributed by atoms with Crippen molar-refractivity contribution in [3.63, 3.8) is 0 Å². The molecule has 0 spiro atoms. The van der Waals surface area contributed by atoms with Gasteiger partial charge in [0.1, 0.15) is 5.69 Å². The lowest BCUT2D eigenvalue weighted by Crippen LogP contribution is -2.43. The molecule has 0 amide bonds. The molecule has 0 radical (unpaired) electrons. The van der Waals surface area contributed by atoms with Gasteiger partial charge in [0.05, 0.1) is 13.2 Å². The fraction of sp³-hybridized carbons (Fsp3) is 0.714. The van der Waals surface area contributed by atoms with Crippen LogP contribution in [-0.4, -0.2) is 41.1 Å². The molecule has 3 atom stereocenters. The van der Waals surface area contributed by atoms with E-state index >= 15 is 0 Å². The number of ether oxygens (including phenoxy) is 1. The molecule has 104 valence electrons. The predicted molar refractivity (Wildman–Crippen MR) is 72.8 cm³/mol. The van der Waals surface area contributed by atoms with Gasteiger partial charge in [0.2, 0.25) is 5.88 Å². The van der Waals surface area contributed by atoms with Crippen molar-refractivity contribution in [1.29, 1.82) is 0 Å². The molecule has 2 fully saturated rings. The van der Waals surface area contributed by atoms with Crippen LogP contribution < -0.4 is 10.5 Å². The van der Waals surface area contributed by atoms with Crippen molar-refractivity contribution in [2.45, 2.75) is 43.8 Å². The highest BCUT2D eigenvalue weighted by atomic mass is 16.5. The Morgan fingerprint density at radius 1 is 1.26 bits per heavy atom. The summed E-state index contributed by atoms with van der Waals surface area (Å²) >= 11 is 0. The molecule has 3 rings (SSSR count). The number of methoxy groups -OCH3 is 1. The van der Waals surface area contributed by atoms with Gasteiger partial charge in [0.25, 0.3) is 0 Å². The highest BCUT2D eigenvalue weighted by molar-refractivity contribution is 5.22. The van der Waals surface area contributed by atoms with E-state index in [9.17, 15) is 0 Å². The molecule has 0 aromatic carbocycles. The molecule has 0 aliphatic carbocycles. The van der Waals surface area contributed by atoms with Crippen LogP contribution in [0.15, 0.2) is 12.4 Å². The van der Waals surface area contributed by atoms with Gasteiger partial charge in [-0.05, 0) is 38.6 Å². The monoisotopic (exact) mass is 262 g/mol. The number of nitrogens with two attached hydrogens (primary N) is 1. The maximum absolute atomic E-state index is 6.44. The van der Waals surface area contributed by atoms with E-state index in [-0.39, 0.29) is 6.04 Å². The first-order chi connectivity index (χ1) is 9.20. The fourth-order valence-electron chi connectivity index (χ4n) is 3.69. The normalized spacial score (nSPS) is 32.3. The van der Waals surface area contributed by atoms with E-state index in [0.29, 0.717) is 23.9 Å². The van der Waals surface area contributed by atoms with Gasteiger partial charge in [0.15, 0.2) is 0 Å². The maximum Gasteiger partial charge on any atom is 0.236 e. The molecular weight excluding hydrogens is 240 g/mol. The molecule has 0 saturated carbocycles. The zero-order chi connectivity index (χ0) is 13.4. The minimum Gasteiger partial charge on any atom is -0.480 e. The summed E-state index contributed by atoms with van der Waals surface area (Å²) < 4.78 is 5.28. The Morgan fingerprint density at radius 2 is 1.89 bits per heavy atom. The molecule has 1 aromatic rings. The van der Waals surface area contributed by atoms with Gasteiger partial charge in [-0.25, -0.2) is 4.98 Å². The molecule has 1 aromatic heterocycles. The van der Waals surface area contributed by atoms with E-state index in [1.54, 1.807) is 19.5 Å².